The zero-order valence-electron chi connectivity index (χ0n) is 13.6. The molecular weight excluding hydrogens is 296 g/mol. The number of carbonyl (C=O) groups excluding carboxylic acids is 1. The number of hydrogen-bond acceptors (Lipinski definition) is 5. The van der Waals surface area contributed by atoms with Crippen LogP contribution in [0.15, 0.2) is 18.2 Å². The van der Waals surface area contributed by atoms with E-state index in [1.165, 1.54) is 7.11 Å². The van der Waals surface area contributed by atoms with Gasteiger partial charge in [-0.1, -0.05) is 6.07 Å². The van der Waals surface area contributed by atoms with E-state index in [1.807, 2.05) is 18.2 Å². The molecule has 0 N–H and O–H groups in total. The third-order valence-corrected chi connectivity index (χ3v) is 4.32. The molecular formula is C17H24N2O4. The molecule has 0 unspecified atom stereocenters. The quantitative estimate of drug-likeness (QED) is 0.775. The summed E-state index contributed by atoms with van der Waals surface area (Å²) < 4.78 is 16.0. The second-order valence-corrected chi connectivity index (χ2v) is 5.91. The molecule has 1 aromatic carbocycles. The van der Waals surface area contributed by atoms with Crippen molar-refractivity contribution < 1.29 is 19.0 Å². The third kappa shape index (κ3) is 4.14. The second kappa shape index (κ2) is 7.66. The van der Waals surface area contributed by atoms with Crippen molar-refractivity contribution in [2.45, 2.75) is 19.5 Å². The maximum absolute atomic E-state index is 11.6. The van der Waals surface area contributed by atoms with Gasteiger partial charge in [0.05, 0.1) is 26.9 Å². The van der Waals surface area contributed by atoms with Crippen LogP contribution in [0.5, 0.6) is 5.75 Å². The summed E-state index contributed by atoms with van der Waals surface area (Å²) in [7, 11) is 1.41. The molecule has 2 aliphatic rings. The van der Waals surface area contributed by atoms with Crippen molar-refractivity contribution in [1.82, 2.24) is 9.80 Å². The lowest BCUT2D eigenvalue weighted by Gasteiger charge is -2.26. The first kappa shape index (κ1) is 16.1. The summed E-state index contributed by atoms with van der Waals surface area (Å²) in [5, 5.41) is 0. The molecule has 2 aliphatic heterocycles. The Morgan fingerprint density at radius 1 is 1.22 bits per heavy atom. The summed E-state index contributed by atoms with van der Waals surface area (Å²) >= 11 is 0. The SMILES string of the molecule is COC(=O)N1Cc2ccc(OCCCN3CCOCC3)cc2C1. The predicted octanol–water partition coefficient (Wildman–Crippen LogP) is 1.87. The Morgan fingerprint density at radius 3 is 2.78 bits per heavy atom. The zero-order valence-corrected chi connectivity index (χ0v) is 13.6. The fraction of sp³-hybridized carbons (Fsp3) is 0.588. The van der Waals surface area contributed by atoms with Crippen LogP contribution in [0.1, 0.15) is 17.5 Å². The highest BCUT2D eigenvalue weighted by molar-refractivity contribution is 5.68. The number of morpholine rings is 1. The molecule has 0 saturated carbocycles. The molecule has 0 radical (unpaired) electrons. The average Bonchev–Trinajstić information content (AvgIpc) is 3.02. The van der Waals surface area contributed by atoms with Crippen LogP contribution in [-0.4, -0.2) is 62.5 Å². The molecule has 126 valence electrons. The molecule has 23 heavy (non-hydrogen) atoms. The van der Waals surface area contributed by atoms with E-state index in [-0.39, 0.29) is 6.09 Å². The van der Waals surface area contributed by atoms with Crippen molar-refractivity contribution in [2.24, 2.45) is 0 Å². The normalized spacial score (nSPS) is 17.9. The number of rotatable bonds is 5. The molecule has 1 amide bonds. The summed E-state index contributed by atoms with van der Waals surface area (Å²) in [6.07, 6.45) is 0.722. The minimum absolute atomic E-state index is 0.283. The van der Waals surface area contributed by atoms with E-state index >= 15 is 0 Å². The van der Waals surface area contributed by atoms with Gasteiger partial charge in [0, 0.05) is 32.7 Å². The Bertz CT molecular complexity index is 543. The molecule has 2 heterocycles. The van der Waals surface area contributed by atoms with Crippen molar-refractivity contribution in [1.29, 1.82) is 0 Å². The van der Waals surface area contributed by atoms with Crippen molar-refractivity contribution in [3.05, 3.63) is 29.3 Å². The van der Waals surface area contributed by atoms with E-state index in [1.54, 1.807) is 4.90 Å². The maximum Gasteiger partial charge on any atom is 0.410 e. The fourth-order valence-corrected chi connectivity index (χ4v) is 3.02. The van der Waals surface area contributed by atoms with Crippen molar-refractivity contribution in [2.75, 3.05) is 46.6 Å². The highest BCUT2D eigenvalue weighted by Crippen LogP contribution is 2.27. The van der Waals surface area contributed by atoms with Crippen LogP contribution in [0.4, 0.5) is 4.79 Å². The summed E-state index contributed by atoms with van der Waals surface area (Å²) in [4.78, 5) is 15.7. The highest BCUT2D eigenvalue weighted by atomic mass is 16.5. The largest absolute Gasteiger partial charge is 0.494 e. The Balaban J connectivity index is 1.44. The van der Waals surface area contributed by atoms with E-state index in [4.69, 9.17) is 14.2 Å². The minimum atomic E-state index is -0.283. The Morgan fingerprint density at radius 2 is 2.00 bits per heavy atom. The molecule has 0 aromatic heterocycles. The molecule has 0 spiro atoms. The van der Waals surface area contributed by atoms with Crippen LogP contribution in [0.2, 0.25) is 0 Å². The van der Waals surface area contributed by atoms with E-state index < -0.39 is 0 Å². The van der Waals surface area contributed by atoms with Gasteiger partial charge in [0.2, 0.25) is 0 Å². The van der Waals surface area contributed by atoms with Gasteiger partial charge >= 0.3 is 6.09 Å². The van der Waals surface area contributed by atoms with Crippen LogP contribution < -0.4 is 4.74 Å². The first-order valence-electron chi connectivity index (χ1n) is 8.14. The average molecular weight is 320 g/mol. The van der Waals surface area contributed by atoms with Gasteiger partial charge < -0.3 is 14.2 Å². The van der Waals surface area contributed by atoms with Gasteiger partial charge in [0.25, 0.3) is 0 Å². The minimum Gasteiger partial charge on any atom is -0.494 e. The first-order chi connectivity index (χ1) is 11.3. The lowest BCUT2D eigenvalue weighted by molar-refractivity contribution is 0.0358. The summed E-state index contributed by atoms with van der Waals surface area (Å²) in [5.74, 6) is 0.873. The van der Waals surface area contributed by atoms with Gasteiger partial charge in [-0.25, -0.2) is 4.79 Å². The van der Waals surface area contributed by atoms with Crippen LogP contribution in [0.25, 0.3) is 0 Å². The Hall–Kier alpha value is -1.79. The maximum atomic E-state index is 11.6. The van der Waals surface area contributed by atoms with Crippen molar-refractivity contribution in [3.63, 3.8) is 0 Å². The molecule has 6 heteroatoms. The van der Waals surface area contributed by atoms with E-state index in [0.717, 1.165) is 56.1 Å². The number of methoxy groups -OCH3 is 1. The molecule has 1 aromatic rings. The number of nitrogens with zero attached hydrogens (tertiary/aromatic N) is 2. The smallest absolute Gasteiger partial charge is 0.410 e. The number of amides is 1. The van der Waals surface area contributed by atoms with Gasteiger partial charge in [0.15, 0.2) is 0 Å². The van der Waals surface area contributed by atoms with E-state index in [0.29, 0.717) is 19.7 Å². The first-order valence-corrected chi connectivity index (χ1v) is 8.14. The van der Waals surface area contributed by atoms with Gasteiger partial charge in [0.1, 0.15) is 5.75 Å². The lowest BCUT2D eigenvalue weighted by atomic mass is 10.1. The molecule has 0 aliphatic carbocycles. The van der Waals surface area contributed by atoms with Crippen LogP contribution in [0.3, 0.4) is 0 Å². The van der Waals surface area contributed by atoms with Crippen LogP contribution in [0, 0.1) is 0 Å². The van der Waals surface area contributed by atoms with Crippen molar-refractivity contribution >= 4 is 6.09 Å². The predicted molar refractivity (Wildman–Crippen MR) is 85.5 cm³/mol. The molecule has 1 saturated heterocycles. The number of carbonyl (C=O) groups is 1. The Labute approximate surface area is 136 Å². The lowest BCUT2D eigenvalue weighted by Crippen LogP contribution is -2.37. The second-order valence-electron chi connectivity index (χ2n) is 5.91. The van der Waals surface area contributed by atoms with Crippen LogP contribution in [-0.2, 0) is 22.6 Å². The number of hydrogen-bond donors (Lipinski definition) is 0. The molecule has 3 rings (SSSR count). The third-order valence-electron chi connectivity index (χ3n) is 4.32. The number of benzene rings is 1. The van der Waals surface area contributed by atoms with Gasteiger partial charge in [-0.2, -0.15) is 0 Å². The monoisotopic (exact) mass is 320 g/mol. The molecule has 1 fully saturated rings. The molecule has 0 bridgehead atoms. The molecule has 6 nitrogen and oxygen atoms in total. The standard InChI is InChI=1S/C17H24N2O4/c1-21-17(20)19-12-14-3-4-16(11-15(14)13-19)23-8-2-5-18-6-9-22-10-7-18/h3-4,11H,2,5-10,12-13H2,1H3. The summed E-state index contributed by atoms with van der Waals surface area (Å²) in [6.45, 7) is 6.66. The van der Waals surface area contributed by atoms with Crippen molar-refractivity contribution in [3.8, 4) is 5.75 Å². The Kier molecular flexibility index (Phi) is 5.35. The topological polar surface area (TPSA) is 51.2 Å². The van der Waals surface area contributed by atoms with E-state index in [9.17, 15) is 4.79 Å². The van der Waals surface area contributed by atoms with Gasteiger partial charge in [-0.3, -0.25) is 9.80 Å². The molecule has 0 atom stereocenters. The zero-order chi connectivity index (χ0) is 16.1. The van der Waals surface area contributed by atoms with Gasteiger partial charge in [-0.15, -0.1) is 0 Å². The summed E-state index contributed by atoms with van der Waals surface area (Å²) in [6, 6.07) is 6.05. The number of ether oxygens (including phenoxy) is 3. The van der Waals surface area contributed by atoms with E-state index in [2.05, 4.69) is 4.90 Å². The summed E-state index contributed by atoms with van der Waals surface area (Å²) in [5.41, 5.74) is 2.30. The fourth-order valence-electron chi connectivity index (χ4n) is 3.02. The van der Waals surface area contributed by atoms with Crippen LogP contribution >= 0.6 is 0 Å². The van der Waals surface area contributed by atoms with Gasteiger partial charge in [-0.05, 0) is 29.7 Å². The highest BCUT2D eigenvalue weighted by Gasteiger charge is 2.24. The number of fused-ring (bicyclic) bond motifs is 1.